The quantitative estimate of drug-likeness (QED) is 0.745. The van der Waals surface area contributed by atoms with E-state index in [1.54, 1.807) is 12.1 Å². The molecule has 0 unspecified atom stereocenters. The smallest absolute Gasteiger partial charge is 0.337 e. The lowest BCUT2D eigenvalue weighted by molar-refractivity contribution is 0.0486. The lowest BCUT2D eigenvalue weighted by Crippen LogP contribution is -2.33. The molecule has 1 aromatic rings. The fraction of sp³-hybridized carbons (Fsp3) is 0.462. The molecule has 0 aliphatic heterocycles. The Morgan fingerprint density at radius 1 is 1.47 bits per heavy atom. The third-order valence-electron chi connectivity index (χ3n) is 3.20. The summed E-state index contributed by atoms with van der Waals surface area (Å²) in [5, 5.41) is 21.4. The van der Waals surface area contributed by atoms with Gasteiger partial charge >= 0.3 is 5.97 Å². The van der Waals surface area contributed by atoms with E-state index in [0.717, 1.165) is 24.9 Å². The van der Waals surface area contributed by atoms with Crippen molar-refractivity contribution in [3.63, 3.8) is 0 Å². The molecule has 92 valence electrons. The minimum atomic E-state index is -0.916. The van der Waals surface area contributed by atoms with Gasteiger partial charge in [-0.15, -0.1) is 0 Å². The molecule has 0 radical (unpaired) electrons. The second-order valence-electron chi connectivity index (χ2n) is 4.73. The van der Waals surface area contributed by atoms with Crippen LogP contribution < -0.4 is 5.32 Å². The van der Waals surface area contributed by atoms with Crippen molar-refractivity contribution in [1.82, 2.24) is 0 Å². The van der Waals surface area contributed by atoms with Crippen molar-refractivity contribution >= 4 is 11.7 Å². The lowest BCUT2D eigenvalue weighted by atomic mass is 9.82. The number of aliphatic hydroxyl groups is 1. The van der Waals surface area contributed by atoms with Crippen molar-refractivity contribution < 1.29 is 15.0 Å². The number of rotatable bonds is 4. The summed E-state index contributed by atoms with van der Waals surface area (Å²) in [6.07, 6.45) is 1.45. The van der Waals surface area contributed by atoms with Gasteiger partial charge in [0.25, 0.3) is 0 Å². The van der Waals surface area contributed by atoms with Crippen molar-refractivity contribution in [2.75, 3.05) is 11.9 Å². The summed E-state index contributed by atoms with van der Waals surface area (Å²) >= 11 is 0. The van der Waals surface area contributed by atoms with Gasteiger partial charge in [-0.3, -0.25) is 0 Å². The number of anilines is 1. The number of hydrogen-bond acceptors (Lipinski definition) is 3. The molecule has 4 nitrogen and oxygen atoms in total. The molecule has 0 heterocycles. The van der Waals surface area contributed by atoms with Gasteiger partial charge in [-0.05, 0) is 43.4 Å². The van der Waals surface area contributed by atoms with E-state index in [1.807, 2.05) is 13.0 Å². The number of carboxylic acids is 1. The van der Waals surface area contributed by atoms with Crippen LogP contribution in [0.5, 0.6) is 0 Å². The van der Waals surface area contributed by atoms with Gasteiger partial charge in [-0.25, -0.2) is 4.79 Å². The Morgan fingerprint density at radius 3 is 2.76 bits per heavy atom. The molecule has 1 aliphatic carbocycles. The zero-order valence-corrected chi connectivity index (χ0v) is 9.81. The lowest BCUT2D eigenvalue weighted by Gasteiger charge is -2.31. The summed E-state index contributed by atoms with van der Waals surface area (Å²) in [7, 11) is 0. The number of carboxylic acid groups (broad SMARTS) is 1. The second-order valence-corrected chi connectivity index (χ2v) is 4.73. The van der Waals surface area contributed by atoms with E-state index in [-0.39, 0.29) is 6.10 Å². The third-order valence-corrected chi connectivity index (χ3v) is 3.20. The fourth-order valence-corrected chi connectivity index (χ4v) is 2.11. The molecule has 0 atom stereocenters. The van der Waals surface area contributed by atoms with E-state index < -0.39 is 5.97 Å². The van der Waals surface area contributed by atoms with Crippen molar-refractivity contribution in [3.8, 4) is 0 Å². The highest BCUT2D eigenvalue weighted by molar-refractivity contribution is 5.94. The van der Waals surface area contributed by atoms with Crippen molar-refractivity contribution in [3.05, 3.63) is 29.3 Å². The average Bonchev–Trinajstić information content (AvgIpc) is 2.22. The second kappa shape index (κ2) is 4.75. The summed E-state index contributed by atoms with van der Waals surface area (Å²) in [6, 6.07) is 5.26. The van der Waals surface area contributed by atoms with Crippen molar-refractivity contribution in [2.45, 2.75) is 25.9 Å². The number of aliphatic hydroxyl groups excluding tert-OH is 1. The Hall–Kier alpha value is -1.55. The molecule has 3 N–H and O–H groups in total. The van der Waals surface area contributed by atoms with E-state index in [2.05, 4.69) is 5.32 Å². The number of carbonyl (C=O) groups is 1. The first-order chi connectivity index (χ1) is 8.06. The number of aryl methyl sites for hydroxylation is 1. The number of aromatic carboxylic acids is 1. The van der Waals surface area contributed by atoms with E-state index in [0.29, 0.717) is 17.2 Å². The minimum absolute atomic E-state index is 0.168. The van der Waals surface area contributed by atoms with Gasteiger partial charge in [-0.2, -0.15) is 0 Å². The summed E-state index contributed by atoms with van der Waals surface area (Å²) in [4.78, 5) is 11.0. The Balaban J connectivity index is 2.03. The molecule has 2 rings (SSSR count). The van der Waals surface area contributed by atoms with Gasteiger partial charge in [0.1, 0.15) is 0 Å². The molecule has 0 bridgehead atoms. The molecule has 1 saturated carbocycles. The van der Waals surface area contributed by atoms with Gasteiger partial charge in [0.05, 0.1) is 11.7 Å². The van der Waals surface area contributed by atoms with Gasteiger partial charge in [0.15, 0.2) is 0 Å². The topological polar surface area (TPSA) is 69.6 Å². The normalized spacial score (nSPS) is 22.9. The molecule has 4 heteroatoms. The molecule has 1 aliphatic rings. The van der Waals surface area contributed by atoms with Crippen molar-refractivity contribution in [1.29, 1.82) is 0 Å². The van der Waals surface area contributed by atoms with Crippen LogP contribution in [0.2, 0.25) is 0 Å². The first-order valence-electron chi connectivity index (χ1n) is 5.82. The zero-order valence-electron chi connectivity index (χ0n) is 9.81. The Bertz CT molecular complexity index is 425. The Labute approximate surface area is 100 Å². The van der Waals surface area contributed by atoms with Gasteiger partial charge in [0, 0.05) is 12.2 Å². The molecule has 1 aromatic carbocycles. The first-order valence-corrected chi connectivity index (χ1v) is 5.82. The first kappa shape index (κ1) is 11.9. The summed E-state index contributed by atoms with van der Waals surface area (Å²) < 4.78 is 0. The molecule has 0 saturated heterocycles. The molecule has 17 heavy (non-hydrogen) atoms. The summed E-state index contributed by atoms with van der Waals surface area (Å²) in [5.74, 6) is -0.465. The predicted octanol–water partition coefficient (Wildman–Crippen LogP) is 1.88. The number of benzene rings is 1. The highest BCUT2D eigenvalue weighted by atomic mass is 16.4. The van der Waals surface area contributed by atoms with Crippen molar-refractivity contribution in [2.24, 2.45) is 5.92 Å². The van der Waals surface area contributed by atoms with E-state index in [1.165, 1.54) is 0 Å². The molecule has 0 spiro atoms. The number of nitrogens with one attached hydrogen (secondary N) is 1. The van der Waals surface area contributed by atoms with Crippen LogP contribution in [0.3, 0.4) is 0 Å². The standard InChI is InChI=1S/C13H17NO3/c1-8-2-3-11(13(16)17)12(4-8)14-7-9-5-10(15)6-9/h2-4,9-10,14-15H,5-7H2,1H3,(H,16,17). The fourth-order valence-electron chi connectivity index (χ4n) is 2.11. The minimum Gasteiger partial charge on any atom is -0.478 e. The van der Waals surface area contributed by atoms with Gasteiger partial charge < -0.3 is 15.5 Å². The Kier molecular flexibility index (Phi) is 3.33. The van der Waals surface area contributed by atoms with Gasteiger partial charge in [-0.1, -0.05) is 6.07 Å². The number of hydrogen-bond donors (Lipinski definition) is 3. The van der Waals surface area contributed by atoms with Crippen LogP contribution in [0, 0.1) is 12.8 Å². The highest BCUT2D eigenvalue weighted by Gasteiger charge is 2.26. The highest BCUT2D eigenvalue weighted by Crippen LogP contribution is 2.28. The maximum atomic E-state index is 11.0. The molecule has 1 fully saturated rings. The predicted molar refractivity (Wildman–Crippen MR) is 65.4 cm³/mol. The maximum Gasteiger partial charge on any atom is 0.337 e. The van der Waals surface area contributed by atoms with Crippen LogP contribution in [-0.4, -0.2) is 28.8 Å². The van der Waals surface area contributed by atoms with E-state index in [9.17, 15) is 9.90 Å². The molecular weight excluding hydrogens is 218 g/mol. The van der Waals surface area contributed by atoms with Crippen LogP contribution in [0.25, 0.3) is 0 Å². The van der Waals surface area contributed by atoms with Crippen LogP contribution in [0.4, 0.5) is 5.69 Å². The molecule has 0 amide bonds. The van der Waals surface area contributed by atoms with E-state index >= 15 is 0 Å². The SMILES string of the molecule is Cc1ccc(C(=O)O)c(NCC2CC(O)C2)c1. The molecular formula is C13H17NO3. The molecule has 0 aromatic heterocycles. The summed E-state index contributed by atoms with van der Waals surface area (Å²) in [6.45, 7) is 2.66. The Morgan fingerprint density at radius 2 is 2.18 bits per heavy atom. The van der Waals surface area contributed by atoms with Crippen LogP contribution in [0.15, 0.2) is 18.2 Å². The van der Waals surface area contributed by atoms with Crippen LogP contribution in [0.1, 0.15) is 28.8 Å². The maximum absolute atomic E-state index is 11.0. The third kappa shape index (κ3) is 2.77. The average molecular weight is 235 g/mol. The van der Waals surface area contributed by atoms with Gasteiger partial charge in [0.2, 0.25) is 0 Å². The van der Waals surface area contributed by atoms with E-state index in [4.69, 9.17) is 5.11 Å². The van der Waals surface area contributed by atoms with Crippen LogP contribution in [-0.2, 0) is 0 Å². The summed E-state index contributed by atoms with van der Waals surface area (Å²) in [5.41, 5.74) is 2.00. The van der Waals surface area contributed by atoms with Crippen LogP contribution >= 0.6 is 0 Å². The zero-order chi connectivity index (χ0) is 12.4. The monoisotopic (exact) mass is 235 g/mol. The largest absolute Gasteiger partial charge is 0.478 e.